The fraction of sp³-hybridized carbons (Fsp3) is 0.421. The number of methoxy groups -OCH3 is 1. The minimum Gasteiger partial charge on any atom is -0.497 e. The molecule has 1 aromatic heterocycles. The summed E-state index contributed by atoms with van der Waals surface area (Å²) in [5.74, 6) is 1.68. The Morgan fingerprint density at radius 1 is 1.19 bits per heavy atom. The van der Waals surface area contributed by atoms with E-state index >= 15 is 0 Å². The molecule has 0 aliphatic rings. The minimum atomic E-state index is 0. The third-order valence-electron chi connectivity index (χ3n) is 4.12. The summed E-state index contributed by atoms with van der Waals surface area (Å²) >= 11 is 0. The lowest BCUT2D eigenvalue weighted by atomic mass is 10.1. The number of hydrogen-bond donors (Lipinski definition) is 2. The first kappa shape index (κ1) is 22.3. The predicted octanol–water partition coefficient (Wildman–Crippen LogP) is 2.58. The second kappa shape index (κ2) is 11.8. The fourth-order valence-electron chi connectivity index (χ4n) is 2.68. The Morgan fingerprint density at radius 2 is 1.92 bits per heavy atom. The number of halogens is 1. The minimum absolute atomic E-state index is 0. The molecule has 2 aromatic rings. The largest absolute Gasteiger partial charge is 0.497 e. The molecule has 0 saturated carbocycles. The molecule has 1 atom stereocenters. The van der Waals surface area contributed by atoms with E-state index in [0.717, 1.165) is 31.3 Å². The highest BCUT2D eigenvalue weighted by Gasteiger charge is 2.15. The van der Waals surface area contributed by atoms with Crippen molar-refractivity contribution in [2.24, 2.45) is 4.99 Å². The van der Waals surface area contributed by atoms with E-state index in [1.165, 1.54) is 5.56 Å². The van der Waals surface area contributed by atoms with Gasteiger partial charge in [-0.15, -0.1) is 24.0 Å². The Hall–Kier alpha value is -1.74. The van der Waals surface area contributed by atoms with Crippen LogP contribution in [0.2, 0.25) is 0 Å². The molecule has 0 saturated heterocycles. The molecule has 144 valence electrons. The molecule has 1 unspecified atom stereocenters. The monoisotopic (exact) mass is 471 g/mol. The van der Waals surface area contributed by atoms with Gasteiger partial charge in [0.25, 0.3) is 0 Å². The molecule has 0 amide bonds. The van der Waals surface area contributed by atoms with Crippen molar-refractivity contribution in [2.45, 2.75) is 12.6 Å². The first-order valence-corrected chi connectivity index (χ1v) is 8.49. The molecular formula is C19H30IN5O. The first-order chi connectivity index (χ1) is 12.1. The molecule has 26 heavy (non-hydrogen) atoms. The average Bonchev–Trinajstić information content (AvgIpc) is 3.13. The van der Waals surface area contributed by atoms with Crippen LogP contribution in [0.1, 0.15) is 11.6 Å². The average molecular weight is 471 g/mol. The van der Waals surface area contributed by atoms with Crippen LogP contribution in [0.4, 0.5) is 0 Å². The van der Waals surface area contributed by atoms with Crippen molar-refractivity contribution >= 4 is 29.9 Å². The van der Waals surface area contributed by atoms with Crippen LogP contribution in [-0.4, -0.2) is 56.8 Å². The number of nitrogens with zero attached hydrogens (tertiary/aromatic N) is 3. The molecule has 1 aromatic carbocycles. The lowest BCUT2D eigenvalue weighted by Crippen LogP contribution is -2.42. The van der Waals surface area contributed by atoms with Gasteiger partial charge in [-0.3, -0.25) is 4.99 Å². The van der Waals surface area contributed by atoms with Gasteiger partial charge in [-0.1, -0.05) is 12.1 Å². The van der Waals surface area contributed by atoms with Gasteiger partial charge in [-0.25, -0.2) is 0 Å². The third-order valence-corrected chi connectivity index (χ3v) is 4.12. The molecule has 7 heteroatoms. The van der Waals surface area contributed by atoms with Crippen LogP contribution in [0.25, 0.3) is 0 Å². The Bertz CT molecular complexity index is 658. The molecule has 0 spiro atoms. The quantitative estimate of drug-likeness (QED) is 0.353. The number of likely N-dealkylation sites (N-methyl/N-ethyl adjacent to an activating group) is 1. The van der Waals surface area contributed by atoms with Crippen LogP contribution < -0.4 is 15.4 Å². The number of benzene rings is 1. The van der Waals surface area contributed by atoms with Crippen molar-refractivity contribution in [2.75, 3.05) is 41.3 Å². The summed E-state index contributed by atoms with van der Waals surface area (Å²) in [6.45, 7) is 2.48. The highest BCUT2D eigenvalue weighted by Crippen LogP contribution is 2.21. The van der Waals surface area contributed by atoms with Crippen LogP contribution in [0.3, 0.4) is 0 Å². The zero-order valence-electron chi connectivity index (χ0n) is 16.0. The second-order valence-electron chi connectivity index (χ2n) is 6.06. The summed E-state index contributed by atoms with van der Waals surface area (Å²) < 4.78 is 7.48. The van der Waals surface area contributed by atoms with Gasteiger partial charge in [0.05, 0.1) is 13.2 Å². The van der Waals surface area contributed by atoms with Gasteiger partial charge in [0.1, 0.15) is 5.75 Å². The van der Waals surface area contributed by atoms with E-state index in [1.54, 1.807) is 14.2 Å². The Kier molecular flexibility index (Phi) is 10.1. The molecule has 0 aliphatic heterocycles. The highest BCUT2D eigenvalue weighted by molar-refractivity contribution is 14.0. The van der Waals surface area contributed by atoms with E-state index in [2.05, 4.69) is 63.7 Å². The van der Waals surface area contributed by atoms with Crippen LogP contribution in [0.5, 0.6) is 5.75 Å². The van der Waals surface area contributed by atoms with Crippen LogP contribution in [0, 0.1) is 0 Å². The van der Waals surface area contributed by atoms with E-state index < -0.39 is 0 Å². The zero-order valence-corrected chi connectivity index (χ0v) is 18.3. The number of rotatable bonds is 8. The molecule has 0 fully saturated rings. The van der Waals surface area contributed by atoms with Gasteiger partial charge >= 0.3 is 0 Å². The van der Waals surface area contributed by atoms with Gasteiger partial charge in [0.15, 0.2) is 5.96 Å². The molecule has 0 aliphatic carbocycles. The maximum absolute atomic E-state index is 5.34. The maximum atomic E-state index is 5.34. The molecule has 6 nitrogen and oxygen atoms in total. The third kappa shape index (κ3) is 6.87. The topological polar surface area (TPSA) is 53.8 Å². The molecular weight excluding hydrogens is 441 g/mol. The number of hydrogen-bond acceptors (Lipinski definition) is 3. The van der Waals surface area contributed by atoms with Crippen LogP contribution in [-0.2, 0) is 6.54 Å². The first-order valence-electron chi connectivity index (χ1n) is 8.49. The van der Waals surface area contributed by atoms with Crippen molar-refractivity contribution in [3.8, 4) is 5.75 Å². The Balaban J connectivity index is 0.00000338. The van der Waals surface area contributed by atoms with E-state index in [-0.39, 0.29) is 30.0 Å². The normalized spacial score (nSPS) is 12.4. The number of aromatic nitrogens is 1. The van der Waals surface area contributed by atoms with E-state index in [0.29, 0.717) is 0 Å². The van der Waals surface area contributed by atoms with E-state index in [4.69, 9.17) is 4.74 Å². The Morgan fingerprint density at radius 3 is 2.54 bits per heavy atom. The van der Waals surface area contributed by atoms with Crippen molar-refractivity contribution in [1.82, 2.24) is 20.1 Å². The number of aliphatic imine (C=N–C) groups is 1. The highest BCUT2D eigenvalue weighted by atomic mass is 127. The molecule has 2 rings (SSSR count). The van der Waals surface area contributed by atoms with Gasteiger partial charge < -0.3 is 24.8 Å². The summed E-state index contributed by atoms with van der Waals surface area (Å²) in [5, 5.41) is 6.76. The summed E-state index contributed by atoms with van der Waals surface area (Å²) in [6, 6.07) is 12.5. The van der Waals surface area contributed by atoms with E-state index in [9.17, 15) is 0 Å². The second-order valence-corrected chi connectivity index (χ2v) is 6.06. The summed E-state index contributed by atoms with van der Waals surface area (Å²) in [6.07, 6.45) is 4.12. The maximum Gasteiger partial charge on any atom is 0.191 e. The van der Waals surface area contributed by atoms with Crippen molar-refractivity contribution in [3.63, 3.8) is 0 Å². The predicted molar refractivity (Wildman–Crippen MR) is 119 cm³/mol. The standard InChI is InChI=1S/C19H29N5O.HI/c1-20-19(21-10-13-24-11-5-6-12-24)22-15-18(23(2)3)16-8-7-9-17(14-16)25-4;/h5-9,11-12,14,18H,10,13,15H2,1-4H3,(H2,20,21,22);1H. The lowest BCUT2D eigenvalue weighted by Gasteiger charge is -2.26. The smallest absolute Gasteiger partial charge is 0.191 e. The number of nitrogens with one attached hydrogen (secondary N) is 2. The summed E-state index contributed by atoms with van der Waals surface area (Å²) in [7, 11) is 7.64. The fourth-order valence-corrected chi connectivity index (χ4v) is 2.68. The number of guanidine groups is 1. The van der Waals surface area contributed by atoms with Gasteiger partial charge in [-0.05, 0) is 43.9 Å². The Labute approximate surface area is 173 Å². The summed E-state index contributed by atoms with van der Waals surface area (Å²) in [4.78, 5) is 6.50. The van der Waals surface area contributed by atoms with Crippen molar-refractivity contribution in [1.29, 1.82) is 0 Å². The van der Waals surface area contributed by atoms with Gasteiger partial charge in [-0.2, -0.15) is 0 Å². The molecule has 1 heterocycles. The SMILES string of the molecule is CN=C(NCCn1cccc1)NCC(c1cccc(OC)c1)N(C)C.I. The van der Waals surface area contributed by atoms with Crippen LogP contribution in [0.15, 0.2) is 53.8 Å². The molecule has 0 radical (unpaired) electrons. The zero-order chi connectivity index (χ0) is 18.1. The summed E-state index contributed by atoms with van der Waals surface area (Å²) in [5.41, 5.74) is 1.21. The van der Waals surface area contributed by atoms with Gasteiger partial charge in [0.2, 0.25) is 0 Å². The lowest BCUT2D eigenvalue weighted by molar-refractivity contribution is 0.297. The van der Waals surface area contributed by atoms with Gasteiger partial charge in [0, 0.05) is 39.1 Å². The van der Waals surface area contributed by atoms with Crippen LogP contribution >= 0.6 is 24.0 Å². The number of ether oxygens (including phenoxy) is 1. The molecule has 2 N–H and O–H groups in total. The molecule has 0 bridgehead atoms. The van der Waals surface area contributed by atoms with E-state index in [1.807, 2.05) is 24.3 Å². The van der Waals surface area contributed by atoms with Crippen molar-refractivity contribution < 1.29 is 4.74 Å². The van der Waals surface area contributed by atoms with Crippen molar-refractivity contribution in [3.05, 3.63) is 54.4 Å².